The van der Waals surface area contributed by atoms with Crippen LogP contribution in [0.3, 0.4) is 0 Å². The maximum absolute atomic E-state index is 4.51. The molecule has 3 fully saturated rings. The lowest BCUT2D eigenvalue weighted by atomic mass is 9.95. The predicted molar refractivity (Wildman–Crippen MR) is 94.1 cm³/mol. The van der Waals surface area contributed by atoms with Crippen LogP contribution < -0.4 is 5.32 Å². The summed E-state index contributed by atoms with van der Waals surface area (Å²) in [5, 5.41) is 16.7. The molecule has 134 valence electrons. The van der Waals surface area contributed by atoms with Gasteiger partial charge in [-0.3, -0.25) is 4.68 Å². The van der Waals surface area contributed by atoms with E-state index in [0.717, 1.165) is 29.4 Å². The molecule has 2 aromatic heterocycles. The van der Waals surface area contributed by atoms with Crippen LogP contribution in [0, 0.1) is 17.8 Å². The lowest BCUT2D eigenvalue weighted by Crippen LogP contribution is -2.36. The van der Waals surface area contributed by atoms with Gasteiger partial charge < -0.3 is 14.8 Å². The lowest BCUT2D eigenvalue weighted by molar-refractivity contribution is 0.193. The van der Waals surface area contributed by atoms with Gasteiger partial charge in [0.05, 0.1) is 0 Å². The molecular formula is C18H27N7. The van der Waals surface area contributed by atoms with E-state index in [1.165, 1.54) is 45.6 Å². The number of rotatable bonds is 5. The van der Waals surface area contributed by atoms with Crippen LogP contribution >= 0.6 is 0 Å². The number of hydrogen-bond donors (Lipinski definition) is 1. The van der Waals surface area contributed by atoms with Crippen molar-refractivity contribution in [2.45, 2.75) is 25.3 Å². The fraction of sp³-hybridized carbons (Fsp3) is 0.722. The van der Waals surface area contributed by atoms with Crippen molar-refractivity contribution in [1.29, 1.82) is 0 Å². The van der Waals surface area contributed by atoms with Gasteiger partial charge in [-0.1, -0.05) is 0 Å². The van der Waals surface area contributed by atoms with E-state index >= 15 is 0 Å². The highest BCUT2D eigenvalue weighted by Gasteiger charge is 2.52. The molecule has 7 heteroatoms. The maximum Gasteiger partial charge on any atom is 0.154 e. The number of likely N-dealkylation sites (tertiary alicyclic amines) is 1. The minimum Gasteiger partial charge on any atom is -0.316 e. The zero-order valence-corrected chi connectivity index (χ0v) is 14.9. The van der Waals surface area contributed by atoms with Crippen molar-refractivity contribution in [3.8, 4) is 0 Å². The Morgan fingerprint density at radius 1 is 1.16 bits per heavy atom. The maximum atomic E-state index is 4.51. The van der Waals surface area contributed by atoms with E-state index in [9.17, 15) is 0 Å². The minimum atomic E-state index is 0.542. The summed E-state index contributed by atoms with van der Waals surface area (Å²) in [6, 6.07) is 1.94. The highest BCUT2D eigenvalue weighted by molar-refractivity contribution is 5.07. The average Bonchev–Trinajstić information content (AvgIpc) is 3.14. The van der Waals surface area contributed by atoms with Gasteiger partial charge in [0.1, 0.15) is 12.4 Å². The van der Waals surface area contributed by atoms with Crippen LogP contribution in [0.25, 0.3) is 0 Å². The third kappa shape index (κ3) is 2.89. The van der Waals surface area contributed by atoms with Gasteiger partial charge in [0.25, 0.3) is 0 Å². The number of fused-ring (bicyclic) bond motifs is 1. The molecule has 25 heavy (non-hydrogen) atoms. The van der Waals surface area contributed by atoms with Crippen LogP contribution in [0.1, 0.15) is 30.4 Å². The summed E-state index contributed by atoms with van der Waals surface area (Å²) in [5.41, 5.74) is 0. The molecule has 0 amide bonds. The van der Waals surface area contributed by atoms with Crippen LogP contribution in [0.4, 0.5) is 0 Å². The first kappa shape index (κ1) is 15.5. The van der Waals surface area contributed by atoms with Gasteiger partial charge in [-0.2, -0.15) is 5.10 Å². The Balaban J connectivity index is 1.17. The molecule has 0 bridgehead atoms. The summed E-state index contributed by atoms with van der Waals surface area (Å²) in [4.78, 5) is 2.68. The van der Waals surface area contributed by atoms with Crippen molar-refractivity contribution in [2.75, 3.05) is 32.7 Å². The molecule has 1 unspecified atom stereocenters. The minimum absolute atomic E-state index is 0.542. The first-order valence-corrected chi connectivity index (χ1v) is 9.58. The van der Waals surface area contributed by atoms with E-state index in [-0.39, 0.29) is 0 Å². The smallest absolute Gasteiger partial charge is 0.154 e. The van der Waals surface area contributed by atoms with Gasteiger partial charge in [0.2, 0.25) is 0 Å². The first-order valence-electron chi connectivity index (χ1n) is 9.58. The number of nitrogens with one attached hydrogen (secondary N) is 1. The van der Waals surface area contributed by atoms with Crippen molar-refractivity contribution in [1.82, 2.24) is 34.8 Å². The largest absolute Gasteiger partial charge is 0.316 e. The van der Waals surface area contributed by atoms with Crippen LogP contribution in [-0.2, 0) is 13.6 Å². The Morgan fingerprint density at radius 2 is 1.96 bits per heavy atom. The van der Waals surface area contributed by atoms with Crippen molar-refractivity contribution >= 4 is 0 Å². The van der Waals surface area contributed by atoms with Crippen molar-refractivity contribution < 1.29 is 0 Å². The summed E-state index contributed by atoms with van der Waals surface area (Å²) in [7, 11) is 2.10. The Kier molecular flexibility index (Phi) is 3.86. The molecule has 0 radical (unpaired) electrons. The number of piperidine rings is 2. The summed E-state index contributed by atoms with van der Waals surface area (Å²) in [5.74, 6) is 5.59. The molecule has 3 aliphatic rings. The summed E-state index contributed by atoms with van der Waals surface area (Å²) in [6.07, 6.45) is 6.18. The third-order valence-electron chi connectivity index (χ3n) is 6.55. The summed E-state index contributed by atoms with van der Waals surface area (Å²) >= 11 is 0. The third-order valence-corrected chi connectivity index (χ3v) is 6.55. The van der Waals surface area contributed by atoms with Crippen LogP contribution in [0.15, 0.2) is 18.5 Å². The molecule has 2 aromatic rings. The predicted octanol–water partition coefficient (Wildman–Crippen LogP) is 0.705. The fourth-order valence-electron chi connectivity index (χ4n) is 4.90. The quantitative estimate of drug-likeness (QED) is 0.868. The Hall–Kier alpha value is -1.73. The molecule has 1 N–H and O–H groups in total. The molecule has 0 spiro atoms. The first-order chi connectivity index (χ1) is 12.3. The summed E-state index contributed by atoms with van der Waals surface area (Å²) < 4.78 is 4.08. The van der Waals surface area contributed by atoms with E-state index in [1.54, 1.807) is 6.20 Å². The molecule has 7 nitrogen and oxygen atoms in total. The van der Waals surface area contributed by atoms with Gasteiger partial charge in [-0.05, 0) is 62.8 Å². The second kappa shape index (κ2) is 6.21. The van der Waals surface area contributed by atoms with E-state index in [2.05, 4.69) is 37.1 Å². The zero-order chi connectivity index (χ0) is 16.8. The monoisotopic (exact) mass is 341 g/mol. The van der Waals surface area contributed by atoms with Crippen molar-refractivity contribution in [2.24, 2.45) is 24.8 Å². The molecule has 4 heterocycles. The number of aromatic nitrogens is 5. The number of hydrogen-bond acceptors (Lipinski definition) is 5. The van der Waals surface area contributed by atoms with Gasteiger partial charge in [0, 0.05) is 31.9 Å². The van der Waals surface area contributed by atoms with E-state index in [0.29, 0.717) is 12.5 Å². The Bertz CT molecular complexity index is 704. The van der Waals surface area contributed by atoms with Crippen LogP contribution in [0.5, 0.6) is 0 Å². The summed E-state index contributed by atoms with van der Waals surface area (Å²) in [6.45, 7) is 6.92. The Morgan fingerprint density at radius 3 is 2.68 bits per heavy atom. The topological polar surface area (TPSA) is 63.8 Å². The zero-order valence-electron chi connectivity index (χ0n) is 14.9. The second-order valence-corrected chi connectivity index (χ2v) is 7.96. The average molecular weight is 341 g/mol. The molecule has 1 saturated carbocycles. The fourth-order valence-corrected chi connectivity index (χ4v) is 4.90. The molecule has 0 aromatic carbocycles. The standard InChI is InChI=1S/C18H27N7/c1-23-17(12-25-6-2-5-20-25)21-22-18(23)13-3-7-24(8-4-13)11-16-14-9-19-10-15(14)16/h2,5-6,13-16,19H,3-4,7-12H2,1H3/t14-,15+,16?. The van der Waals surface area contributed by atoms with Crippen LogP contribution in [0.2, 0.25) is 0 Å². The normalized spacial score (nSPS) is 29.9. The van der Waals surface area contributed by atoms with Gasteiger partial charge in [-0.25, -0.2) is 0 Å². The van der Waals surface area contributed by atoms with E-state index in [1.807, 2.05) is 16.9 Å². The van der Waals surface area contributed by atoms with Crippen LogP contribution in [-0.4, -0.2) is 62.2 Å². The van der Waals surface area contributed by atoms with Gasteiger partial charge in [-0.15, -0.1) is 10.2 Å². The molecule has 1 aliphatic carbocycles. The van der Waals surface area contributed by atoms with E-state index in [4.69, 9.17) is 0 Å². The number of nitrogens with zero attached hydrogens (tertiary/aromatic N) is 6. The molecule has 3 atom stereocenters. The molecule has 2 aliphatic heterocycles. The lowest BCUT2D eigenvalue weighted by Gasteiger charge is -2.31. The van der Waals surface area contributed by atoms with Gasteiger partial charge in [0.15, 0.2) is 5.82 Å². The molecule has 5 rings (SSSR count). The second-order valence-electron chi connectivity index (χ2n) is 7.96. The molecule has 2 saturated heterocycles. The van der Waals surface area contributed by atoms with E-state index < -0.39 is 0 Å². The highest BCUT2D eigenvalue weighted by atomic mass is 15.3. The molecular weight excluding hydrogens is 314 g/mol. The van der Waals surface area contributed by atoms with Crippen molar-refractivity contribution in [3.63, 3.8) is 0 Å². The Labute approximate surface area is 148 Å². The SMILES string of the molecule is Cn1c(Cn2cccn2)nnc1C1CCN(CC2[C@H]3CNC[C@@H]23)CC1. The van der Waals surface area contributed by atoms with Crippen molar-refractivity contribution in [3.05, 3.63) is 30.1 Å². The highest BCUT2D eigenvalue weighted by Crippen LogP contribution is 2.49. The van der Waals surface area contributed by atoms with Gasteiger partial charge >= 0.3 is 0 Å².